The van der Waals surface area contributed by atoms with Crippen LogP contribution in [0.4, 0.5) is 0 Å². The van der Waals surface area contributed by atoms with Crippen LogP contribution in [0.3, 0.4) is 0 Å². The fraction of sp³-hybridized carbons (Fsp3) is 0.600. The minimum absolute atomic E-state index is 0.611. The highest BCUT2D eigenvalue weighted by Crippen LogP contribution is 2.12. The third-order valence-electron chi connectivity index (χ3n) is 2.62. The highest BCUT2D eigenvalue weighted by Gasteiger charge is 2.11. The van der Waals surface area contributed by atoms with Crippen molar-refractivity contribution in [3.63, 3.8) is 0 Å². The Hall–Kier alpha value is -0.800. The molecule has 3 N–H and O–H groups in total. The standard InChI is InChI=1S/C10H17N3/c11-7-9-3-4-10(12-9)8-13-5-1-2-6-13/h3-4,12H,1-2,5-8,11H2. The summed E-state index contributed by atoms with van der Waals surface area (Å²) >= 11 is 0. The number of hydrogen-bond acceptors (Lipinski definition) is 2. The molecule has 0 aliphatic carbocycles. The second-order valence-corrected chi connectivity index (χ2v) is 3.70. The molecule has 0 atom stereocenters. The van der Waals surface area contributed by atoms with Crippen LogP contribution in [-0.4, -0.2) is 23.0 Å². The SMILES string of the molecule is NCc1ccc(CN2CCCC2)[nH]1. The zero-order valence-corrected chi connectivity index (χ0v) is 7.92. The predicted molar refractivity (Wildman–Crippen MR) is 53.2 cm³/mol. The van der Waals surface area contributed by atoms with Gasteiger partial charge in [0.05, 0.1) is 0 Å². The first-order valence-electron chi connectivity index (χ1n) is 4.97. The van der Waals surface area contributed by atoms with Gasteiger partial charge >= 0.3 is 0 Å². The molecule has 3 nitrogen and oxygen atoms in total. The molecular weight excluding hydrogens is 162 g/mol. The molecule has 0 bridgehead atoms. The normalized spacial score (nSPS) is 18.2. The number of rotatable bonds is 3. The first kappa shape index (κ1) is 8.78. The van der Waals surface area contributed by atoms with E-state index < -0.39 is 0 Å². The van der Waals surface area contributed by atoms with Crippen molar-refractivity contribution in [2.24, 2.45) is 5.73 Å². The van der Waals surface area contributed by atoms with Crippen LogP contribution in [0.15, 0.2) is 12.1 Å². The monoisotopic (exact) mass is 179 g/mol. The summed E-state index contributed by atoms with van der Waals surface area (Å²) in [4.78, 5) is 5.80. The second kappa shape index (κ2) is 3.94. The highest BCUT2D eigenvalue weighted by molar-refractivity contribution is 5.12. The van der Waals surface area contributed by atoms with Gasteiger partial charge in [0.1, 0.15) is 0 Å². The van der Waals surface area contributed by atoms with E-state index in [4.69, 9.17) is 5.73 Å². The van der Waals surface area contributed by atoms with Crippen LogP contribution >= 0.6 is 0 Å². The van der Waals surface area contributed by atoms with Crippen LogP contribution < -0.4 is 5.73 Å². The first-order chi connectivity index (χ1) is 6.38. The Morgan fingerprint density at radius 1 is 1.23 bits per heavy atom. The number of nitrogens with zero attached hydrogens (tertiary/aromatic N) is 1. The van der Waals surface area contributed by atoms with Crippen LogP contribution in [-0.2, 0) is 13.1 Å². The van der Waals surface area contributed by atoms with E-state index in [-0.39, 0.29) is 0 Å². The van der Waals surface area contributed by atoms with E-state index in [2.05, 4.69) is 22.0 Å². The van der Waals surface area contributed by atoms with E-state index in [1.807, 2.05) is 0 Å². The number of hydrogen-bond donors (Lipinski definition) is 2. The molecule has 1 aromatic heterocycles. The lowest BCUT2D eigenvalue weighted by Gasteiger charge is -2.12. The number of likely N-dealkylation sites (tertiary alicyclic amines) is 1. The molecule has 1 aromatic rings. The molecular formula is C10H17N3. The summed E-state index contributed by atoms with van der Waals surface area (Å²) in [5.74, 6) is 0. The number of nitrogens with two attached hydrogens (primary N) is 1. The summed E-state index contributed by atoms with van der Waals surface area (Å²) in [6, 6.07) is 4.21. The van der Waals surface area contributed by atoms with Gasteiger partial charge in [0, 0.05) is 24.5 Å². The van der Waals surface area contributed by atoms with Crippen LogP contribution in [0, 0.1) is 0 Å². The number of aromatic amines is 1. The molecule has 1 fully saturated rings. The van der Waals surface area contributed by atoms with Crippen molar-refractivity contribution in [3.8, 4) is 0 Å². The largest absolute Gasteiger partial charge is 0.360 e. The van der Waals surface area contributed by atoms with E-state index in [1.165, 1.54) is 31.6 Å². The summed E-state index contributed by atoms with van der Waals surface area (Å²) in [6.45, 7) is 4.16. The fourth-order valence-electron chi connectivity index (χ4n) is 1.88. The van der Waals surface area contributed by atoms with Gasteiger partial charge in [-0.1, -0.05) is 0 Å². The van der Waals surface area contributed by atoms with E-state index >= 15 is 0 Å². The van der Waals surface area contributed by atoms with Crippen molar-refractivity contribution in [2.45, 2.75) is 25.9 Å². The fourth-order valence-corrected chi connectivity index (χ4v) is 1.88. The molecule has 0 saturated carbocycles. The van der Waals surface area contributed by atoms with Crippen LogP contribution in [0.1, 0.15) is 24.2 Å². The minimum Gasteiger partial charge on any atom is -0.360 e. The molecule has 1 aliphatic heterocycles. The maximum atomic E-state index is 5.53. The van der Waals surface area contributed by atoms with Crippen molar-refractivity contribution in [3.05, 3.63) is 23.5 Å². The Morgan fingerprint density at radius 2 is 1.92 bits per heavy atom. The molecule has 0 aromatic carbocycles. The molecule has 2 heterocycles. The topological polar surface area (TPSA) is 45.0 Å². The smallest absolute Gasteiger partial charge is 0.0385 e. The van der Waals surface area contributed by atoms with E-state index in [1.54, 1.807) is 0 Å². The maximum Gasteiger partial charge on any atom is 0.0385 e. The summed E-state index contributed by atoms with van der Waals surface area (Å²) in [5.41, 5.74) is 7.95. The Morgan fingerprint density at radius 3 is 2.54 bits per heavy atom. The lowest BCUT2D eigenvalue weighted by molar-refractivity contribution is 0.327. The van der Waals surface area contributed by atoms with E-state index in [9.17, 15) is 0 Å². The zero-order chi connectivity index (χ0) is 9.10. The number of nitrogens with one attached hydrogen (secondary N) is 1. The van der Waals surface area contributed by atoms with Gasteiger partial charge in [-0.3, -0.25) is 4.90 Å². The predicted octanol–water partition coefficient (Wildman–Crippen LogP) is 1.07. The molecule has 0 spiro atoms. The quantitative estimate of drug-likeness (QED) is 0.729. The van der Waals surface area contributed by atoms with Crippen molar-refractivity contribution >= 4 is 0 Å². The number of aromatic nitrogens is 1. The van der Waals surface area contributed by atoms with Crippen LogP contribution in [0.25, 0.3) is 0 Å². The molecule has 3 heteroatoms. The number of H-pyrrole nitrogens is 1. The molecule has 13 heavy (non-hydrogen) atoms. The van der Waals surface area contributed by atoms with Crippen LogP contribution in [0.5, 0.6) is 0 Å². The molecule has 0 amide bonds. The molecule has 2 rings (SSSR count). The average molecular weight is 179 g/mol. The Bertz CT molecular complexity index is 261. The van der Waals surface area contributed by atoms with Crippen LogP contribution in [0.2, 0.25) is 0 Å². The summed E-state index contributed by atoms with van der Waals surface area (Å²) < 4.78 is 0. The van der Waals surface area contributed by atoms with Gasteiger partial charge in [-0.25, -0.2) is 0 Å². The molecule has 0 radical (unpaired) electrons. The Labute approximate surface area is 78.9 Å². The average Bonchev–Trinajstić information content (AvgIpc) is 2.76. The van der Waals surface area contributed by atoms with Gasteiger partial charge in [-0.2, -0.15) is 0 Å². The van der Waals surface area contributed by atoms with Gasteiger partial charge < -0.3 is 10.7 Å². The van der Waals surface area contributed by atoms with Gasteiger partial charge in [0.2, 0.25) is 0 Å². The molecule has 0 unspecified atom stereocenters. The first-order valence-corrected chi connectivity index (χ1v) is 4.97. The maximum absolute atomic E-state index is 5.53. The van der Waals surface area contributed by atoms with Gasteiger partial charge in [0.25, 0.3) is 0 Å². The molecule has 72 valence electrons. The summed E-state index contributed by atoms with van der Waals surface area (Å²) in [5, 5.41) is 0. The Kier molecular flexibility index (Phi) is 2.66. The van der Waals surface area contributed by atoms with E-state index in [0.29, 0.717) is 6.54 Å². The summed E-state index contributed by atoms with van der Waals surface area (Å²) in [7, 11) is 0. The van der Waals surface area contributed by atoms with Gasteiger partial charge in [-0.05, 0) is 38.1 Å². The van der Waals surface area contributed by atoms with Crippen molar-refractivity contribution in [1.29, 1.82) is 0 Å². The third-order valence-corrected chi connectivity index (χ3v) is 2.62. The van der Waals surface area contributed by atoms with Gasteiger partial charge in [0.15, 0.2) is 0 Å². The molecule has 1 aliphatic rings. The lowest BCUT2D eigenvalue weighted by Crippen LogP contribution is -2.18. The third kappa shape index (κ3) is 2.11. The van der Waals surface area contributed by atoms with Gasteiger partial charge in [-0.15, -0.1) is 0 Å². The van der Waals surface area contributed by atoms with Crippen molar-refractivity contribution in [1.82, 2.24) is 9.88 Å². The van der Waals surface area contributed by atoms with Crippen molar-refractivity contribution < 1.29 is 0 Å². The second-order valence-electron chi connectivity index (χ2n) is 3.70. The van der Waals surface area contributed by atoms with Crippen molar-refractivity contribution in [2.75, 3.05) is 13.1 Å². The zero-order valence-electron chi connectivity index (χ0n) is 7.92. The highest BCUT2D eigenvalue weighted by atomic mass is 15.1. The lowest BCUT2D eigenvalue weighted by atomic mass is 10.4. The molecule has 1 saturated heterocycles. The van der Waals surface area contributed by atoms with E-state index in [0.717, 1.165) is 12.2 Å². The summed E-state index contributed by atoms with van der Waals surface area (Å²) in [6.07, 6.45) is 2.70. The Balaban J connectivity index is 1.92. The minimum atomic E-state index is 0.611.